The van der Waals surface area contributed by atoms with Crippen LogP contribution >= 0.6 is 11.8 Å². The zero-order valence-corrected chi connectivity index (χ0v) is 16.7. The normalized spacial score (nSPS) is 22.7. The van der Waals surface area contributed by atoms with E-state index in [0.717, 1.165) is 24.4 Å². The lowest BCUT2D eigenvalue weighted by Crippen LogP contribution is -2.38. The number of aromatic nitrogens is 1. The van der Waals surface area contributed by atoms with Gasteiger partial charge in [-0.1, -0.05) is 6.07 Å². The molecule has 0 bridgehead atoms. The van der Waals surface area contributed by atoms with Gasteiger partial charge in [0.25, 0.3) is 0 Å². The molecule has 0 N–H and O–H groups in total. The van der Waals surface area contributed by atoms with Crippen molar-refractivity contribution in [1.82, 2.24) is 4.98 Å². The van der Waals surface area contributed by atoms with Crippen molar-refractivity contribution in [1.29, 1.82) is 0 Å². The monoisotopic (exact) mass is 451 g/mol. The van der Waals surface area contributed by atoms with Crippen molar-refractivity contribution in [3.63, 3.8) is 0 Å². The summed E-state index contributed by atoms with van der Waals surface area (Å²) >= 11 is 1.35. The Bertz CT molecular complexity index is 856. The lowest BCUT2D eigenvalue weighted by molar-refractivity contribution is -0.141. The number of halogens is 6. The van der Waals surface area contributed by atoms with Crippen LogP contribution in [0.25, 0.3) is 0 Å². The third-order valence-corrected chi connectivity index (χ3v) is 5.99. The second-order valence-electron chi connectivity index (χ2n) is 7.21. The van der Waals surface area contributed by atoms with Crippen LogP contribution in [0.15, 0.2) is 47.5 Å². The van der Waals surface area contributed by atoms with Crippen LogP contribution in [0.4, 0.5) is 26.3 Å². The summed E-state index contributed by atoms with van der Waals surface area (Å²) in [4.78, 5) is 3.85. The average Bonchev–Trinajstić information content (AvgIpc) is 2.65. The molecule has 1 aliphatic heterocycles. The fourth-order valence-electron chi connectivity index (χ4n) is 3.13. The molecule has 3 nitrogen and oxygen atoms in total. The first-order valence-corrected chi connectivity index (χ1v) is 9.90. The van der Waals surface area contributed by atoms with Crippen molar-refractivity contribution in [3.8, 4) is 5.75 Å². The summed E-state index contributed by atoms with van der Waals surface area (Å²) < 4.78 is 87.3. The van der Waals surface area contributed by atoms with Crippen LogP contribution in [0, 0.1) is 0 Å². The summed E-state index contributed by atoms with van der Waals surface area (Å²) in [5, 5.41) is 0. The van der Waals surface area contributed by atoms with Crippen LogP contribution in [0.1, 0.15) is 31.0 Å². The van der Waals surface area contributed by atoms with Crippen molar-refractivity contribution < 1.29 is 35.8 Å². The molecule has 0 aliphatic carbocycles. The lowest BCUT2D eigenvalue weighted by Gasteiger charge is -2.37. The van der Waals surface area contributed by atoms with Crippen molar-refractivity contribution in [2.45, 2.75) is 47.9 Å². The first-order chi connectivity index (χ1) is 13.9. The van der Waals surface area contributed by atoms with Crippen LogP contribution in [-0.4, -0.2) is 29.0 Å². The van der Waals surface area contributed by atoms with E-state index in [-0.39, 0.29) is 23.2 Å². The number of nitrogens with zero attached hydrogens (tertiary/aromatic N) is 1. The molecular weight excluding hydrogens is 432 g/mol. The SMILES string of the molecule is CC1(Sc2cccc(C(F)(F)F)c2)CCOC(COc2ccc(C(F)(F)F)nc2)C1. The highest BCUT2D eigenvalue weighted by Gasteiger charge is 2.36. The molecule has 0 amide bonds. The number of thioether (sulfide) groups is 1. The molecule has 0 spiro atoms. The van der Waals surface area contributed by atoms with Gasteiger partial charge in [0.1, 0.15) is 18.1 Å². The van der Waals surface area contributed by atoms with E-state index in [0.29, 0.717) is 24.3 Å². The molecule has 0 radical (unpaired) electrons. The Morgan fingerprint density at radius 2 is 1.90 bits per heavy atom. The van der Waals surface area contributed by atoms with Crippen LogP contribution in [0.3, 0.4) is 0 Å². The molecule has 2 atom stereocenters. The van der Waals surface area contributed by atoms with Gasteiger partial charge in [0.2, 0.25) is 0 Å². The Kier molecular flexibility index (Phi) is 6.57. The van der Waals surface area contributed by atoms with Gasteiger partial charge in [0.15, 0.2) is 0 Å². The molecule has 1 aromatic carbocycles. The number of hydrogen-bond donors (Lipinski definition) is 0. The van der Waals surface area contributed by atoms with Gasteiger partial charge in [0, 0.05) is 16.2 Å². The Balaban J connectivity index is 1.59. The average molecular weight is 451 g/mol. The predicted octanol–water partition coefficient (Wildman–Crippen LogP) is 6.23. The van der Waals surface area contributed by atoms with E-state index in [4.69, 9.17) is 9.47 Å². The van der Waals surface area contributed by atoms with Gasteiger partial charge >= 0.3 is 12.4 Å². The van der Waals surface area contributed by atoms with Gasteiger partial charge in [0.05, 0.1) is 17.9 Å². The molecule has 0 saturated carbocycles. The van der Waals surface area contributed by atoms with Gasteiger partial charge in [-0.2, -0.15) is 26.3 Å². The summed E-state index contributed by atoms with van der Waals surface area (Å²) in [5.41, 5.74) is -1.70. The van der Waals surface area contributed by atoms with Crippen molar-refractivity contribution in [2.24, 2.45) is 0 Å². The van der Waals surface area contributed by atoms with Crippen molar-refractivity contribution >= 4 is 11.8 Å². The molecule has 2 unspecified atom stereocenters. The Labute approximate surface area is 173 Å². The molecule has 164 valence electrons. The summed E-state index contributed by atoms with van der Waals surface area (Å²) in [6.45, 7) is 2.46. The van der Waals surface area contributed by atoms with Gasteiger partial charge in [-0.25, -0.2) is 4.98 Å². The van der Waals surface area contributed by atoms with E-state index in [1.807, 2.05) is 6.92 Å². The molecule has 30 heavy (non-hydrogen) atoms. The molecule has 3 rings (SSSR count). The zero-order valence-electron chi connectivity index (χ0n) is 15.9. The molecule has 10 heteroatoms. The minimum atomic E-state index is -4.52. The van der Waals surface area contributed by atoms with Crippen LogP contribution in [0.5, 0.6) is 5.75 Å². The quantitative estimate of drug-likeness (QED) is 0.505. The number of alkyl halides is 6. The molecule has 2 aromatic rings. The number of benzene rings is 1. The highest BCUT2D eigenvalue weighted by atomic mass is 32.2. The van der Waals surface area contributed by atoms with Gasteiger partial charge in [-0.3, -0.25) is 0 Å². The van der Waals surface area contributed by atoms with Crippen molar-refractivity contribution in [2.75, 3.05) is 13.2 Å². The standard InChI is InChI=1S/C20H19F6NO2S/c1-18(30-16-4-2-3-13(9-16)19(21,22)23)7-8-28-15(10-18)12-29-14-5-6-17(27-11-14)20(24,25)26/h2-6,9,11,15H,7-8,10,12H2,1H3. The van der Waals surface area contributed by atoms with Crippen LogP contribution < -0.4 is 4.74 Å². The first kappa shape index (κ1) is 22.7. The second kappa shape index (κ2) is 8.66. The summed E-state index contributed by atoms with van der Waals surface area (Å²) in [7, 11) is 0. The van der Waals surface area contributed by atoms with Gasteiger partial charge in [-0.15, -0.1) is 11.8 Å². The maximum absolute atomic E-state index is 12.9. The van der Waals surface area contributed by atoms with Gasteiger partial charge < -0.3 is 9.47 Å². The van der Waals surface area contributed by atoms with E-state index in [9.17, 15) is 26.3 Å². The summed E-state index contributed by atoms with van der Waals surface area (Å²) in [6.07, 6.45) is -7.10. The van der Waals surface area contributed by atoms with Crippen LogP contribution in [0.2, 0.25) is 0 Å². The van der Waals surface area contributed by atoms with E-state index in [1.165, 1.54) is 23.9 Å². The topological polar surface area (TPSA) is 31.4 Å². The zero-order chi connectivity index (χ0) is 22.0. The first-order valence-electron chi connectivity index (χ1n) is 9.09. The molecular formula is C20H19F6NO2S. The largest absolute Gasteiger partial charge is 0.489 e. The van der Waals surface area contributed by atoms with E-state index in [2.05, 4.69) is 4.98 Å². The third kappa shape index (κ3) is 6.04. The van der Waals surface area contributed by atoms with E-state index >= 15 is 0 Å². The number of ether oxygens (including phenoxy) is 2. The third-order valence-electron chi connectivity index (χ3n) is 4.63. The van der Waals surface area contributed by atoms with Gasteiger partial charge in [-0.05, 0) is 50.1 Å². The highest BCUT2D eigenvalue weighted by Crippen LogP contribution is 2.43. The molecule has 1 fully saturated rings. The second-order valence-corrected chi connectivity index (χ2v) is 8.87. The predicted molar refractivity (Wildman–Crippen MR) is 99.4 cm³/mol. The molecule has 1 aliphatic rings. The summed E-state index contributed by atoms with van der Waals surface area (Å²) in [5.74, 6) is 0.185. The minimum absolute atomic E-state index is 0.103. The Hall–Kier alpha value is -1.94. The Morgan fingerprint density at radius 1 is 1.13 bits per heavy atom. The highest BCUT2D eigenvalue weighted by molar-refractivity contribution is 8.00. The molecule has 1 aromatic heterocycles. The van der Waals surface area contributed by atoms with E-state index < -0.39 is 23.6 Å². The Morgan fingerprint density at radius 3 is 2.53 bits per heavy atom. The number of pyridine rings is 1. The lowest BCUT2D eigenvalue weighted by atomic mass is 9.97. The number of hydrogen-bond acceptors (Lipinski definition) is 4. The smallest absolute Gasteiger partial charge is 0.433 e. The number of rotatable bonds is 5. The maximum atomic E-state index is 12.9. The maximum Gasteiger partial charge on any atom is 0.433 e. The fraction of sp³-hybridized carbons (Fsp3) is 0.450. The fourth-order valence-corrected chi connectivity index (χ4v) is 4.48. The summed E-state index contributed by atoms with van der Waals surface area (Å²) in [6, 6.07) is 7.21. The molecule has 2 heterocycles. The molecule has 1 saturated heterocycles. The minimum Gasteiger partial charge on any atom is -0.489 e. The van der Waals surface area contributed by atoms with E-state index in [1.54, 1.807) is 6.07 Å². The van der Waals surface area contributed by atoms with Crippen molar-refractivity contribution in [3.05, 3.63) is 53.9 Å². The van der Waals surface area contributed by atoms with Crippen LogP contribution in [-0.2, 0) is 17.1 Å².